The van der Waals surface area contributed by atoms with Crippen LogP contribution in [0.15, 0.2) is 30.3 Å². The number of rotatable bonds is 2. The van der Waals surface area contributed by atoms with E-state index in [1.165, 1.54) is 0 Å². The number of ether oxygens (including phenoxy) is 1. The average molecular weight is 190 g/mol. The van der Waals surface area contributed by atoms with Gasteiger partial charge in [-0.1, -0.05) is 30.3 Å². The van der Waals surface area contributed by atoms with E-state index in [0.29, 0.717) is 6.61 Å². The maximum atomic E-state index is 11.4. The second kappa shape index (κ2) is 3.42. The van der Waals surface area contributed by atoms with Crippen LogP contribution in [0.25, 0.3) is 0 Å². The molecule has 1 unspecified atom stereocenters. The monoisotopic (exact) mass is 190 g/mol. The van der Waals surface area contributed by atoms with Crippen LogP contribution in [-0.4, -0.2) is 12.5 Å². The Morgan fingerprint density at radius 2 is 2.07 bits per heavy atom. The Bertz CT molecular complexity index is 328. The minimum absolute atomic E-state index is 0.443. The SMILES string of the molecule is NC(=O)C1(c2ccccc2)[CH]CCO1. The molecule has 0 aromatic heterocycles. The summed E-state index contributed by atoms with van der Waals surface area (Å²) in [7, 11) is 0. The highest BCUT2D eigenvalue weighted by molar-refractivity contribution is 5.87. The van der Waals surface area contributed by atoms with Gasteiger partial charge in [0.25, 0.3) is 5.91 Å². The molecule has 14 heavy (non-hydrogen) atoms. The van der Waals surface area contributed by atoms with Crippen molar-refractivity contribution < 1.29 is 9.53 Å². The van der Waals surface area contributed by atoms with Crippen molar-refractivity contribution in [3.63, 3.8) is 0 Å². The summed E-state index contributed by atoms with van der Waals surface area (Å²) in [6.07, 6.45) is 2.60. The molecule has 2 rings (SSSR count). The van der Waals surface area contributed by atoms with E-state index in [9.17, 15) is 4.79 Å². The number of carbonyl (C=O) groups is 1. The standard InChI is InChI=1S/C11H12NO2/c12-10(13)11(7-4-8-14-11)9-5-2-1-3-6-9/h1-3,5-7H,4,8H2,(H2,12,13). The number of primary amides is 1. The van der Waals surface area contributed by atoms with E-state index in [4.69, 9.17) is 10.5 Å². The molecule has 1 fully saturated rings. The van der Waals surface area contributed by atoms with Crippen molar-refractivity contribution in [1.82, 2.24) is 0 Å². The van der Waals surface area contributed by atoms with Crippen LogP contribution in [0.3, 0.4) is 0 Å². The predicted octanol–water partition coefficient (Wildman–Crippen LogP) is 0.992. The topological polar surface area (TPSA) is 52.3 Å². The lowest BCUT2D eigenvalue weighted by atomic mass is 9.90. The number of nitrogens with two attached hydrogens (primary N) is 1. The zero-order valence-corrected chi connectivity index (χ0v) is 7.77. The molecule has 1 aromatic rings. The van der Waals surface area contributed by atoms with Crippen molar-refractivity contribution >= 4 is 5.91 Å². The van der Waals surface area contributed by atoms with Gasteiger partial charge in [0, 0.05) is 13.0 Å². The summed E-state index contributed by atoms with van der Waals surface area (Å²) in [6, 6.07) is 9.34. The molecule has 1 radical (unpaired) electrons. The Hall–Kier alpha value is -1.35. The lowest BCUT2D eigenvalue weighted by Crippen LogP contribution is -2.40. The van der Waals surface area contributed by atoms with Crippen LogP contribution in [0.5, 0.6) is 0 Å². The molecule has 0 aliphatic carbocycles. The van der Waals surface area contributed by atoms with E-state index in [0.717, 1.165) is 12.0 Å². The van der Waals surface area contributed by atoms with E-state index in [2.05, 4.69) is 0 Å². The second-order valence-electron chi connectivity index (χ2n) is 3.31. The first-order valence-electron chi connectivity index (χ1n) is 4.59. The van der Waals surface area contributed by atoms with Crippen molar-refractivity contribution in [2.75, 3.05) is 6.61 Å². The molecule has 1 aromatic carbocycles. The van der Waals surface area contributed by atoms with Gasteiger partial charge in [0.2, 0.25) is 0 Å². The zero-order chi connectivity index (χ0) is 10.0. The minimum Gasteiger partial charge on any atom is -0.367 e. The molecule has 0 saturated carbocycles. The lowest BCUT2D eigenvalue weighted by Gasteiger charge is -2.24. The quantitative estimate of drug-likeness (QED) is 0.756. The smallest absolute Gasteiger partial charge is 0.254 e. The van der Waals surface area contributed by atoms with Gasteiger partial charge in [-0.2, -0.15) is 0 Å². The molecular formula is C11H12NO2. The first kappa shape index (κ1) is 9.21. The Labute approximate surface area is 82.9 Å². The van der Waals surface area contributed by atoms with Crippen LogP contribution >= 0.6 is 0 Å². The van der Waals surface area contributed by atoms with Crippen LogP contribution in [0, 0.1) is 6.42 Å². The van der Waals surface area contributed by atoms with E-state index in [-0.39, 0.29) is 0 Å². The first-order chi connectivity index (χ1) is 6.76. The summed E-state index contributed by atoms with van der Waals surface area (Å²) in [4.78, 5) is 11.4. The van der Waals surface area contributed by atoms with E-state index >= 15 is 0 Å². The first-order valence-corrected chi connectivity index (χ1v) is 4.59. The van der Waals surface area contributed by atoms with Crippen LogP contribution < -0.4 is 5.73 Å². The highest BCUT2D eigenvalue weighted by Gasteiger charge is 2.42. The van der Waals surface area contributed by atoms with Crippen LogP contribution in [0.1, 0.15) is 12.0 Å². The predicted molar refractivity (Wildman–Crippen MR) is 52.2 cm³/mol. The maximum Gasteiger partial charge on any atom is 0.254 e. The van der Waals surface area contributed by atoms with Gasteiger partial charge in [-0.3, -0.25) is 4.79 Å². The third kappa shape index (κ3) is 1.30. The number of hydrogen-bond donors (Lipinski definition) is 1. The molecule has 1 aliphatic rings. The van der Waals surface area contributed by atoms with Crippen molar-refractivity contribution in [3.8, 4) is 0 Å². The van der Waals surface area contributed by atoms with Gasteiger partial charge in [-0.05, 0) is 12.0 Å². The molecule has 3 heteroatoms. The zero-order valence-electron chi connectivity index (χ0n) is 7.77. The Kier molecular flexibility index (Phi) is 2.25. The largest absolute Gasteiger partial charge is 0.367 e. The highest BCUT2D eigenvalue weighted by atomic mass is 16.5. The summed E-state index contributed by atoms with van der Waals surface area (Å²) in [5.41, 5.74) is 5.18. The molecule has 1 heterocycles. The Balaban J connectivity index is 2.42. The molecule has 73 valence electrons. The molecule has 0 bridgehead atoms. The van der Waals surface area contributed by atoms with Gasteiger partial charge >= 0.3 is 0 Å². The molecule has 1 amide bonds. The van der Waals surface area contributed by atoms with Crippen molar-refractivity contribution in [2.45, 2.75) is 12.0 Å². The van der Waals surface area contributed by atoms with Crippen molar-refractivity contribution in [1.29, 1.82) is 0 Å². The number of hydrogen-bond acceptors (Lipinski definition) is 2. The fraction of sp³-hybridized carbons (Fsp3) is 0.273. The molecule has 1 saturated heterocycles. The molecule has 3 nitrogen and oxygen atoms in total. The summed E-state index contributed by atoms with van der Waals surface area (Å²) in [5.74, 6) is -0.443. The molecule has 1 atom stereocenters. The summed E-state index contributed by atoms with van der Waals surface area (Å²) in [6.45, 7) is 0.553. The second-order valence-corrected chi connectivity index (χ2v) is 3.31. The number of benzene rings is 1. The van der Waals surface area contributed by atoms with Crippen LogP contribution in [0.2, 0.25) is 0 Å². The maximum absolute atomic E-state index is 11.4. The molecule has 1 aliphatic heterocycles. The molecule has 2 N–H and O–H groups in total. The lowest BCUT2D eigenvalue weighted by molar-refractivity contribution is -0.136. The van der Waals surface area contributed by atoms with Gasteiger partial charge in [0.05, 0.1) is 0 Å². The van der Waals surface area contributed by atoms with Gasteiger partial charge in [0.1, 0.15) is 0 Å². The minimum atomic E-state index is -0.999. The summed E-state index contributed by atoms with van der Waals surface area (Å²) >= 11 is 0. The van der Waals surface area contributed by atoms with Crippen molar-refractivity contribution in [2.24, 2.45) is 5.73 Å². The van der Waals surface area contributed by atoms with Crippen LogP contribution in [-0.2, 0) is 15.1 Å². The fourth-order valence-corrected chi connectivity index (χ4v) is 1.74. The molecular weight excluding hydrogens is 178 g/mol. The van der Waals surface area contributed by atoms with Gasteiger partial charge in [0.15, 0.2) is 5.60 Å². The van der Waals surface area contributed by atoms with Gasteiger partial charge < -0.3 is 10.5 Å². The van der Waals surface area contributed by atoms with Gasteiger partial charge in [-0.15, -0.1) is 0 Å². The third-order valence-corrected chi connectivity index (χ3v) is 2.45. The van der Waals surface area contributed by atoms with E-state index in [1.54, 1.807) is 0 Å². The molecule has 0 spiro atoms. The average Bonchev–Trinajstić information content (AvgIpc) is 2.69. The normalized spacial score (nSPS) is 26.3. The number of carbonyl (C=O) groups excluding carboxylic acids is 1. The Morgan fingerprint density at radius 1 is 1.36 bits per heavy atom. The van der Waals surface area contributed by atoms with E-state index in [1.807, 2.05) is 36.8 Å². The third-order valence-electron chi connectivity index (χ3n) is 2.45. The highest BCUT2D eigenvalue weighted by Crippen LogP contribution is 2.34. The summed E-state index contributed by atoms with van der Waals surface area (Å²) < 4.78 is 5.46. The van der Waals surface area contributed by atoms with Crippen molar-refractivity contribution in [3.05, 3.63) is 42.3 Å². The van der Waals surface area contributed by atoms with Gasteiger partial charge in [-0.25, -0.2) is 0 Å². The fourth-order valence-electron chi connectivity index (χ4n) is 1.74. The Morgan fingerprint density at radius 3 is 2.57 bits per heavy atom. The summed E-state index contributed by atoms with van der Waals surface area (Å²) in [5, 5.41) is 0. The number of amides is 1. The van der Waals surface area contributed by atoms with Crippen LogP contribution in [0.4, 0.5) is 0 Å². The van der Waals surface area contributed by atoms with E-state index < -0.39 is 11.5 Å².